The van der Waals surface area contributed by atoms with Crippen LogP contribution in [0, 0.1) is 6.92 Å². The van der Waals surface area contributed by atoms with E-state index in [1.54, 1.807) is 15.6 Å². The summed E-state index contributed by atoms with van der Waals surface area (Å²) in [6, 6.07) is -0.0953. The van der Waals surface area contributed by atoms with Crippen LogP contribution in [0.2, 0.25) is 0 Å². The van der Waals surface area contributed by atoms with Crippen LogP contribution in [0.5, 0.6) is 0 Å². The third kappa shape index (κ3) is 2.03. The summed E-state index contributed by atoms with van der Waals surface area (Å²) >= 11 is 0. The van der Waals surface area contributed by atoms with Gasteiger partial charge in [0, 0.05) is 12.7 Å². The number of likely N-dealkylation sites (tertiary alicyclic amines) is 1. The van der Waals surface area contributed by atoms with Crippen LogP contribution in [0.25, 0.3) is 5.78 Å². The third-order valence-corrected chi connectivity index (χ3v) is 3.88. The molecule has 0 spiro atoms. The highest BCUT2D eigenvalue weighted by atomic mass is 16.3. The molecule has 0 aliphatic carbocycles. The minimum absolute atomic E-state index is 0.00376. The van der Waals surface area contributed by atoms with Crippen LogP contribution >= 0.6 is 0 Å². The molecule has 3 heterocycles. The number of fused-ring (bicyclic) bond motifs is 1. The van der Waals surface area contributed by atoms with Gasteiger partial charge >= 0.3 is 0 Å². The van der Waals surface area contributed by atoms with E-state index in [0.29, 0.717) is 17.9 Å². The Balaban J connectivity index is 1.97. The van der Waals surface area contributed by atoms with Crippen LogP contribution in [0.15, 0.2) is 12.5 Å². The Morgan fingerprint density at radius 3 is 3.10 bits per heavy atom. The molecular formula is C13H17N5O2. The smallest absolute Gasteiger partial charge is 0.257 e. The first-order valence-electron chi connectivity index (χ1n) is 6.79. The van der Waals surface area contributed by atoms with Gasteiger partial charge in [-0.3, -0.25) is 4.79 Å². The number of piperidine rings is 1. The Bertz CT molecular complexity index is 639. The number of aliphatic hydroxyl groups excluding tert-OH is 1. The summed E-state index contributed by atoms with van der Waals surface area (Å²) in [4.78, 5) is 22.6. The molecule has 2 aromatic heterocycles. The molecule has 3 rings (SSSR count). The molecule has 1 N–H and O–H groups in total. The van der Waals surface area contributed by atoms with Crippen LogP contribution in [0.4, 0.5) is 0 Å². The second-order valence-electron chi connectivity index (χ2n) is 5.06. The highest BCUT2D eigenvalue weighted by molar-refractivity contribution is 5.95. The fraction of sp³-hybridized carbons (Fsp3) is 0.538. The lowest BCUT2D eigenvalue weighted by molar-refractivity contribution is 0.0501. The summed E-state index contributed by atoms with van der Waals surface area (Å²) in [5.41, 5.74) is 1.24. The summed E-state index contributed by atoms with van der Waals surface area (Å²) in [6.07, 6.45) is 5.83. The largest absolute Gasteiger partial charge is 0.394 e. The molecule has 1 fully saturated rings. The number of nitrogens with zero attached hydrogens (tertiary/aromatic N) is 5. The molecule has 7 heteroatoms. The number of hydrogen-bond acceptors (Lipinski definition) is 5. The van der Waals surface area contributed by atoms with Gasteiger partial charge in [0.25, 0.3) is 11.7 Å². The summed E-state index contributed by atoms with van der Waals surface area (Å²) < 4.78 is 1.56. The maximum absolute atomic E-state index is 12.7. The van der Waals surface area contributed by atoms with Gasteiger partial charge in [-0.25, -0.2) is 9.50 Å². The van der Waals surface area contributed by atoms with Gasteiger partial charge in [-0.2, -0.15) is 10.1 Å². The summed E-state index contributed by atoms with van der Waals surface area (Å²) in [5, 5.41) is 13.5. The summed E-state index contributed by atoms with van der Waals surface area (Å²) in [7, 11) is 0. The van der Waals surface area contributed by atoms with E-state index in [4.69, 9.17) is 0 Å². The molecule has 106 valence electrons. The van der Waals surface area contributed by atoms with Crippen molar-refractivity contribution in [3.05, 3.63) is 23.8 Å². The van der Waals surface area contributed by atoms with E-state index in [9.17, 15) is 9.90 Å². The van der Waals surface area contributed by atoms with Gasteiger partial charge in [-0.05, 0) is 26.2 Å². The van der Waals surface area contributed by atoms with Crippen molar-refractivity contribution in [3.63, 3.8) is 0 Å². The molecular weight excluding hydrogens is 258 g/mol. The topological polar surface area (TPSA) is 83.6 Å². The van der Waals surface area contributed by atoms with E-state index < -0.39 is 0 Å². The lowest BCUT2D eigenvalue weighted by Gasteiger charge is -2.34. The molecule has 7 nitrogen and oxygen atoms in total. The van der Waals surface area contributed by atoms with Crippen molar-refractivity contribution in [2.75, 3.05) is 13.2 Å². The molecule has 0 bridgehead atoms. The molecule has 2 aromatic rings. The number of aryl methyl sites for hydroxylation is 1. The summed E-state index contributed by atoms with van der Waals surface area (Å²) in [6.45, 7) is 2.51. The fourth-order valence-electron chi connectivity index (χ4n) is 2.71. The zero-order valence-corrected chi connectivity index (χ0v) is 11.4. The standard InChI is InChI=1S/C13H17N5O2/c1-9-11(6-14-13-15-8-16-18(9)13)12(20)17-5-3-2-4-10(17)7-19/h6,8,10,19H,2-5,7H2,1H3. The zero-order valence-electron chi connectivity index (χ0n) is 11.4. The Hall–Kier alpha value is -2.02. The van der Waals surface area contributed by atoms with Crippen LogP contribution in [0.1, 0.15) is 35.3 Å². The van der Waals surface area contributed by atoms with Crippen molar-refractivity contribution in [2.45, 2.75) is 32.2 Å². The number of rotatable bonds is 2. The van der Waals surface area contributed by atoms with Crippen molar-refractivity contribution in [1.29, 1.82) is 0 Å². The van der Waals surface area contributed by atoms with Gasteiger partial charge in [0.2, 0.25) is 0 Å². The van der Waals surface area contributed by atoms with Crippen LogP contribution < -0.4 is 0 Å². The Kier molecular flexibility index (Phi) is 3.35. The average Bonchev–Trinajstić information content (AvgIpc) is 2.96. The first-order chi connectivity index (χ1) is 9.72. The average molecular weight is 275 g/mol. The number of carbonyl (C=O) groups excluding carboxylic acids is 1. The molecule has 1 amide bonds. The SMILES string of the molecule is Cc1c(C(=O)N2CCCCC2CO)cnc2ncnn12. The van der Waals surface area contributed by atoms with Crippen molar-refractivity contribution >= 4 is 11.7 Å². The van der Waals surface area contributed by atoms with Gasteiger partial charge in [-0.1, -0.05) is 0 Å². The predicted octanol–water partition coefficient (Wildman–Crippen LogP) is 0.420. The fourth-order valence-corrected chi connectivity index (χ4v) is 2.71. The van der Waals surface area contributed by atoms with Crippen LogP contribution in [-0.2, 0) is 0 Å². The van der Waals surface area contributed by atoms with Gasteiger partial charge in [0.05, 0.1) is 23.9 Å². The predicted molar refractivity (Wildman–Crippen MR) is 71.3 cm³/mol. The molecule has 0 saturated carbocycles. The third-order valence-electron chi connectivity index (χ3n) is 3.88. The van der Waals surface area contributed by atoms with Crippen molar-refractivity contribution in [3.8, 4) is 0 Å². The van der Waals surface area contributed by atoms with E-state index in [2.05, 4.69) is 15.1 Å². The van der Waals surface area contributed by atoms with Gasteiger partial charge in [-0.15, -0.1) is 0 Å². The van der Waals surface area contributed by atoms with E-state index in [-0.39, 0.29) is 18.6 Å². The van der Waals surface area contributed by atoms with Crippen LogP contribution in [-0.4, -0.2) is 54.7 Å². The normalized spacial score (nSPS) is 19.5. The second-order valence-corrected chi connectivity index (χ2v) is 5.06. The summed E-state index contributed by atoms with van der Waals surface area (Å²) in [5.74, 6) is 0.391. The molecule has 1 saturated heterocycles. The first kappa shape index (κ1) is 13.0. The zero-order chi connectivity index (χ0) is 14.1. The van der Waals surface area contributed by atoms with E-state index in [1.807, 2.05) is 6.92 Å². The van der Waals surface area contributed by atoms with E-state index in [1.165, 1.54) is 6.33 Å². The number of hydrogen-bond donors (Lipinski definition) is 1. The van der Waals surface area contributed by atoms with Crippen molar-refractivity contribution in [2.24, 2.45) is 0 Å². The highest BCUT2D eigenvalue weighted by Crippen LogP contribution is 2.20. The highest BCUT2D eigenvalue weighted by Gasteiger charge is 2.28. The van der Waals surface area contributed by atoms with Crippen LogP contribution in [0.3, 0.4) is 0 Å². The quantitative estimate of drug-likeness (QED) is 0.858. The maximum atomic E-state index is 12.7. The van der Waals surface area contributed by atoms with Gasteiger partial charge < -0.3 is 10.0 Å². The lowest BCUT2D eigenvalue weighted by atomic mass is 10.0. The van der Waals surface area contributed by atoms with E-state index in [0.717, 1.165) is 25.0 Å². The Morgan fingerprint density at radius 2 is 2.30 bits per heavy atom. The lowest BCUT2D eigenvalue weighted by Crippen LogP contribution is -2.46. The van der Waals surface area contributed by atoms with Gasteiger partial charge in [0.15, 0.2) is 0 Å². The number of aromatic nitrogens is 4. The minimum Gasteiger partial charge on any atom is -0.394 e. The molecule has 0 aromatic carbocycles. The molecule has 20 heavy (non-hydrogen) atoms. The molecule has 1 aliphatic heterocycles. The Morgan fingerprint density at radius 1 is 1.45 bits per heavy atom. The molecule has 1 aliphatic rings. The minimum atomic E-state index is -0.0953. The molecule has 1 atom stereocenters. The monoisotopic (exact) mass is 275 g/mol. The molecule has 1 unspecified atom stereocenters. The number of amides is 1. The Labute approximate surface area is 116 Å². The first-order valence-corrected chi connectivity index (χ1v) is 6.79. The maximum Gasteiger partial charge on any atom is 0.257 e. The van der Waals surface area contributed by atoms with Gasteiger partial charge in [0.1, 0.15) is 6.33 Å². The second kappa shape index (κ2) is 5.16. The van der Waals surface area contributed by atoms with Crippen molar-refractivity contribution < 1.29 is 9.90 Å². The number of aliphatic hydroxyl groups is 1. The van der Waals surface area contributed by atoms with Crippen molar-refractivity contribution in [1.82, 2.24) is 24.5 Å². The molecule has 0 radical (unpaired) electrons. The van der Waals surface area contributed by atoms with E-state index >= 15 is 0 Å². The number of carbonyl (C=O) groups is 1.